The molecule has 1 heterocycles. The van der Waals surface area contributed by atoms with E-state index < -0.39 is 0 Å². The lowest BCUT2D eigenvalue weighted by atomic mass is 10.2. The van der Waals surface area contributed by atoms with Gasteiger partial charge in [0.15, 0.2) is 5.88 Å². The van der Waals surface area contributed by atoms with Crippen molar-refractivity contribution < 1.29 is 9.90 Å². The van der Waals surface area contributed by atoms with Crippen molar-refractivity contribution in [1.82, 2.24) is 9.88 Å². The van der Waals surface area contributed by atoms with E-state index in [9.17, 15) is 9.90 Å². The molecular formula is C11H11ClN2O2. The van der Waals surface area contributed by atoms with E-state index >= 15 is 0 Å². The van der Waals surface area contributed by atoms with E-state index in [0.29, 0.717) is 17.1 Å². The van der Waals surface area contributed by atoms with Crippen LogP contribution in [-0.2, 0) is 0 Å². The van der Waals surface area contributed by atoms with Gasteiger partial charge < -0.3 is 10.4 Å². The van der Waals surface area contributed by atoms with Crippen molar-refractivity contribution in [3.63, 3.8) is 0 Å². The summed E-state index contributed by atoms with van der Waals surface area (Å²) in [5.41, 5.74) is 0.593. The molecule has 1 aromatic carbocycles. The van der Waals surface area contributed by atoms with Crippen LogP contribution in [0.15, 0.2) is 24.3 Å². The van der Waals surface area contributed by atoms with E-state index in [-0.39, 0.29) is 11.9 Å². The molecule has 2 aromatic rings. The number of rotatable bonds is 1. The Bertz CT molecular complexity index is 548. The maximum atomic E-state index is 11.7. The fourth-order valence-corrected chi connectivity index (χ4v) is 1.77. The van der Waals surface area contributed by atoms with Crippen LogP contribution in [0.3, 0.4) is 0 Å². The van der Waals surface area contributed by atoms with Gasteiger partial charge in [-0.25, -0.2) is 9.36 Å². The summed E-state index contributed by atoms with van der Waals surface area (Å²) in [7, 11) is 0. The molecule has 5 heteroatoms. The summed E-state index contributed by atoms with van der Waals surface area (Å²) in [6, 6.07) is 6.28. The molecule has 2 N–H and O–H groups in total. The molecule has 0 aliphatic rings. The second kappa shape index (κ2) is 4.06. The standard InChI is InChI=1S/C11H11ClN2O2/c1-2-13-11(16)14-9-6-8(12)4-3-7(9)5-10(14)15/h3-6,15H,2H2,1H3,(H,13,16). The topological polar surface area (TPSA) is 54.3 Å². The number of carbonyl (C=O) groups excluding carboxylic acids is 1. The molecule has 0 unspecified atom stereocenters. The predicted molar refractivity (Wildman–Crippen MR) is 63.1 cm³/mol. The molecule has 1 amide bonds. The van der Waals surface area contributed by atoms with Crippen molar-refractivity contribution >= 4 is 28.5 Å². The molecular weight excluding hydrogens is 228 g/mol. The SMILES string of the molecule is CCNC(=O)n1c(O)cc2ccc(Cl)cc21. The zero-order valence-electron chi connectivity index (χ0n) is 8.70. The van der Waals surface area contributed by atoms with E-state index in [2.05, 4.69) is 5.32 Å². The lowest BCUT2D eigenvalue weighted by Gasteiger charge is -2.06. The third-order valence-electron chi connectivity index (χ3n) is 2.28. The molecule has 0 atom stereocenters. The van der Waals surface area contributed by atoms with Crippen molar-refractivity contribution in [3.05, 3.63) is 29.3 Å². The van der Waals surface area contributed by atoms with Gasteiger partial charge in [0, 0.05) is 23.0 Å². The highest BCUT2D eigenvalue weighted by Gasteiger charge is 2.13. The van der Waals surface area contributed by atoms with Crippen LogP contribution >= 0.6 is 11.6 Å². The Balaban J connectivity index is 2.62. The third kappa shape index (κ3) is 1.72. The summed E-state index contributed by atoms with van der Waals surface area (Å²) in [6.07, 6.45) is 0. The summed E-state index contributed by atoms with van der Waals surface area (Å²) in [5.74, 6) is -0.0942. The maximum absolute atomic E-state index is 11.7. The first-order valence-electron chi connectivity index (χ1n) is 4.91. The first-order valence-corrected chi connectivity index (χ1v) is 5.29. The second-order valence-corrected chi connectivity index (χ2v) is 3.81. The average Bonchev–Trinajstić information content (AvgIpc) is 2.53. The van der Waals surface area contributed by atoms with E-state index in [4.69, 9.17) is 11.6 Å². The molecule has 84 valence electrons. The van der Waals surface area contributed by atoms with Crippen LogP contribution in [0.1, 0.15) is 6.92 Å². The number of nitrogens with zero attached hydrogens (tertiary/aromatic N) is 1. The van der Waals surface area contributed by atoms with Gasteiger partial charge in [-0.05, 0) is 19.1 Å². The van der Waals surface area contributed by atoms with Crippen LogP contribution < -0.4 is 5.32 Å². The minimum Gasteiger partial charge on any atom is -0.494 e. The Hall–Kier alpha value is -1.68. The number of aromatic hydroxyl groups is 1. The quantitative estimate of drug-likeness (QED) is 0.802. The first kappa shape index (κ1) is 10.8. The summed E-state index contributed by atoms with van der Waals surface area (Å²) in [5, 5.41) is 13.6. The van der Waals surface area contributed by atoms with Gasteiger partial charge >= 0.3 is 6.03 Å². The van der Waals surface area contributed by atoms with Crippen molar-refractivity contribution in [2.45, 2.75) is 6.92 Å². The molecule has 0 radical (unpaired) electrons. The number of hydrogen-bond acceptors (Lipinski definition) is 2. The molecule has 1 aromatic heterocycles. The monoisotopic (exact) mass is 238 g/mol. The lowest BCUT2D eigenvalue weighted by Crippen LogP contribution is -2.27. The van der Waals surface area contributed by atoms with Gasteiger partial charge in [0.25, 0.3) is 0 Å². The molecule has 16 heavy (non-hydrogen) atoms. The van der Waals surface area contributed by atoms with Gasteiger partial charge in [-0.3, -0.25) is 0 Å². The largest absolute Gasteiger partial charge is 0.494 e. The number of benzene rings is 1. The normalized spacial score (nSPS) is 10.6. The van der Waals surface area contributed by atoms with Gasteiger partial charge in [0.1, 0.15) is 0 Å². The highest BCUT2D eigenvalue weighted by molar-refractivity contribution is 6.31. The fraction of sp³-hybridized carbons (Fsp3) is 0.182. The van der Waals surface area contributed by atoms with Gasteiger partial charge in [-0.2, -0.15) is 0 Å². The molecule has 0 aliphatic heterocycles. The van der Waals surface area contributed by atoms with Crippen LogP contribution in [-0.4, -0.2) is 22.2 Å². The minimum atomic E-state index is -0.364. The van der Waals surface area contributed by atoms with Crippen LogP contribution in [0.4, 0.5) is 4.79 Å². The van der Waals surface area contributed by atoms with Crippen LogP contribution in [0.5, 0.6) is 5.88 Å². The van der Waals surface area contributed by atoms with Crippen molar-refractivity contribution in [2.24, 2.45) is 0 Å². The Morgan fingerprint density at radius 2 is 2.25 bits per heavy atom. The Morgan fingerprint density at radius 1 is 1.50 bits per heavy atom. The van der Waals surface area contributed by atoms with Crippen molar-refractivity contribution in [3.8, 4) is 5.88 Å². The molecule has 0 saturated carbocycles. The Morgan fingerprint density at radius 3 is 2.94 bits per heavy atom. The summed E-state index contributed by atoms with van der Waals surface area (Å²) in [4.78, 5) is 11.7. The van der Waals surface area contributed by atoms with Crippen LogP contribution in [0.25, 0.3) is 10.9 Å². The summed E-state index contributed by atoms with van der Waals surface area (Å²) < 4.78 is 1.20. The number of halogens is 1. The molecule has 0 spiro atoms. The molecule has 0 aliphatic carbocycles. The van der Waals surface area contributed by atoms with E-state index in [1.165, 1.54) is 10.6 Å². The summed E-state index contributed by atoms with van der Waals surface area (Å²) >= 11 is 5.85. The number of hydrogen-bond donors (Lipinski definition) is 2. The van der Waals surface area contributed by atoms with E-state index in [1.807, 2.05) is 6.92 Å². The highest BCUT2D eigenvalue weighted by Crippen LogP contribution is 2.26. The smallest absolute Gasteiger partial charge is 0.328 e. The third-order valence-corrected chi connectivity index (χ3v) is 2.51. The number of fused-ring (bicyclic) bond motifs is 1. The van der Waals surface area contributed by atoms with E-state index in [0.717, 1.165) is 5.39 Å². The Labute approximate surface area is 97.4 Å². The lowest BCUT2D eigenvalue weighted by molar-refractivity contribution is 0.241. The minimum absolute atomic E-state index is 0.0942. The van der Waals surface area contributed by atoms with Gasteiger partial charge in [-0.15, -0.1) is 0 Å². The van der Waals surface area contributed by atoms with Gasteiger partial charge in [0.05, 0.1) is 5.52 Å². The molecule has 2 rings (SSSR count). The predicted octanol–water partition coefficient (Wildman–Crippen LogP) is 2.58. The van der Waals surface area contributed by atoms with Gasteiger partial charge in [0.2, 0.25) is 0 Å². The number of aromatic nitrogens is 1. The zero-order chi connectivity index (χ0) is 11.7. The first-order chi connectivity index (χ1) is 7.63. The Kier molecular flexibility index (Phi) is 2.75. The molecule has 0 bridgehead atoms. The van der Waals surface area contributed by atoms with Crippen LogP contribution in [0, 0.1) is 0 Å². The molecule has 0 fully saturated rings. The highest BCUT2D eigenvalue weighted by atomic mass is 35.5. The van der Waals surface area contributed by atoms with Crippen molar-refractivity contribution in [1.29, 1.82) is 0 Å². The maximum Gasteiger partial charge on any atom is 0.328 e. The number of amides is 1. The van der Waals surface area contributed by atoms with E-state index in [1.54, 1.807) is 18.2 Å². The van der Waals surface area contributed by atoms with Crippen LogP contribution in [0.2, 0.25) is 5.02 Å². The fourth-order valence-electron chi connectivity index (χ4n) is 1.60. The number of nitrogens with one attached hydrogen (secondary N) is 1. The second-order valence-electron chi connectivity index (χ2n) is 3.38. The summed E-state index contributed by atoms with van der Waals surface area (Å²) in [6.45, 7) is 2.31. The average molecular weight is 239 g/mol. The van der Waals surface area contributed by atoms with Gasteiger partial charge in [-0.1, -0.05) is 17.7 Å². The molecule has 4 nitrogen and oxygen atoms in total. The zero-order valence-corrected chi connectivity index (χ0v) is 9.45. The van der Waals surface area contributed by atoms with Crippen molar-refractivity contribution in [2.75, 3.05) is 6.54 Å². The number of carbonyl (C=O) groups is 1. The molecule has 0 saturated heterocycles.